The first-order valence-electron chi connectivity index (χ1n) is 9.01. The van der Waals surface area contributed by atoms with Crippen LogP contribution in [0.4, 0.5) is 0 Å². The minimum Gasteiger partial charge on any atom is -0.489 e. The molecule has 0 bridgehead atoms. The average molecular weight is 408 g/mol. The number of halogens is 1. The molecule has 4 nitrogen and oxygen atoms in total. The molecule has 1 fully saturated rings. The molecule has 0 unspecified atom stereocenters. The van der Waals surface area contributed by atoms with Crippen LogP contribution in [0.5, 0.6) is 5.75 Å². The van der Waals surface area contributed by atoms with Gasteiger partial charge in [0, 0.05) is 18.0 Å². The normalized spacial score (nSPS) is 22.5. The van der Waals surface area contributed by atoms with Gasteiger partial charge in [0.15, 0.2) is 0 Å². The second-order valence-corrected chi connectivity index (χ2v) is 7.91. The summed E-state index contributed by atoms with van der Waals surface area (Å²) in [6, 6.07) is 4.78. The number of benzene rings is 1. The molecule has 0 amide bonds. The highest BCUT2D eigenvalue weighted by molar-refractivity contribution is 9.10. The zero-order valence-electron chi connectivity index (χ0n) is 15.2. The van der Waals surface area contributed by atoms with Crippen LogP contribution in [0.3, 0.4) is 0 Å². The molecule has 1 saturated carbocycles. The summed E-state index contributed by atoms with van der Waals surface area (Å²) in [6.07, 6.45) is 7.32. The van der Waals surface area contributed by atoms with Crippen LogP contribution in [-0.2, 0) is 16.0 Å². The molecule has 25 heavy (non-hydrogen) atoms. The van der Waals surface area contributed by atoms with Gasteiger partial charge in [-0.05, 0) is 92.0 Å². The maximum atomic E-state index is 11.9. The van der Waals surface area contributed by atoms with E-state index >= 15 is 0 Å². The highest BCUT2D eigenvalue weighted by Crippen LogP contribution is 2.36. The number of hydrogen-bond acceptors (Lipinski definition) is 4. The van der Waals surface area contributed by atoms with Gasteiger partial charge in [0.25, 0.3) is 0 Å². The van der Waals surface area contributed by atoms with Gasteiger partial charge in [-0.2, -0.15) is 0 Å². The predicted octanol–water partition coefficient (Wildman–Crippen LogP) is 4.20. The quantitative estimate of drug-likeness (QED) is 0.685. The molecule has 1 aromatic rings. The Balaban J connectivity index is 1.68. The van der Waals surface area contributed by atoms with Crippen molar-refractivity contribution in [2.24, 2.45) is 0 Å². The largest absolute Gasteiger partial charge is 0.489 e. The number of nitrogens with zero attached hydrogens (tertiary/aromatic N) is 1. The lowest BCUT2D eigenvalue weighted by Gasteiger charge is -2.33. The molecule has 3 rings (SSSR count). The molecule has 0 saturated heterocycles. The van der Waals surface area contributed by atoms with Gasteiger partial charge in [0.2, 0.25) is 0 Å². The summed E-state index contributed by atoms with van der Waals surface area (Å²) < 4.78 is 12.3. The highest BCUT2D eigenvalue weighted by atomic mass is 79.9. The molecule has 0 radical (unpaired) electrons. The monoisotopic (exact) mass is 407 g/mol. The van der Waals surface area contributed by atoms with Crippen molar-refractivity contribution in [3.8, 4) is 5.75 Å². The Morgan fingerprint density at radius 3 is 2.60 bits per heavy atom. The molecule has 0 aliphatic heterocycles. The van der Waals surface area contributed by atoms with Crippen molar-refractivity contribution in [2.45, 2.75) is 51.2 Å². The van der Waals surface area contributed by atoms with Crippen LogP contribution < -0.4 is 4.74 Å². The fourth-order valence-corrected chi connectivity index (χ4v) is 4.13. The van der Waals surface area contributed by atoms with Crippen LogP contribution in [0.2, 0.25) is 0 Å². The number of carbonyl (C=O) groups excluding carboxylic acids is 1. The molecular weight excluding hydrogens is 382 g/mol. The first-order chi connectivity index (χ1) is 12.0. The number of hydrogen-bond donors (Lipinski definition) is 0. The zero-order chi connectivity index (χ0) is 18.0. The number of carbonyl (C=O) groups is 1. The molecular formula is C20H26BrNO3. The van der Waals surface area contributed by atoms with Crippen LogP contribution in [0.1, 0.15) is 43.7 Å². The molecule has 0 aromatic heterocycles. The van der Waals surface area contributed by atoms with Crippen molar-refractivity contribution in [3.05, 3.63) is 33.3 Å². The highest BCUT2D eigenvalue weighted by Gasteiger charge is 2.25. The lowest BCUT2D eigenvalue weighted by Crippen LogP contribution is -2.35. The number of ether oxygens (including phenoxy) is 2. The van der Waals surface area contributed by atoms with Crippen molar-refractivity contribution in [2.75, 3.05) is 20.7 Å². The second kappa shape index (κ2) is 7.92. The van der Waals surface area contributed by atoms with E-state index < -0.39 is 0 Å². The van der Waals surface area contributed by atoms with Gasteiger partial charge in [0.1, 0.15) is 5.75 Å². The Morgan fingerprint density at radius 2 is 1.96 bits per heavy atom. The maximum Gasteiger partial charge on any atom is 0.334 e. The lowest BCUT2D eigenvalue weighted by atomic mass is 9.92. The van der Waals surface area contributed by atoms with E-state index in [2.05, 4.69) is 41.0 Å². The van der Waals surface area contributed by atoms with Crippen molar-refractivity contribution in [1.29, 1.82) is 0 Å². The smallest absolute Gasteiger partial charge is 0.334 e. The standard InChI is InChI=1S/C20H26BrNO3/c1-4-24-20(23)15-9-13-11-18(21)19(12-14(13)10-15)25-17-7-5-16(6-8-17)22(2)3/h10-12,16-17H,4-9H2,1-3H3. The molecule has 136 valence electrons. The fourth-order valence-electron chi connectivity index (χ4n) is 3.65. The van der Waals surface area contributed by atoms with E-state index in [9.17, 15) is 4.79 Å². The van der Waals surface area contributed by atoms with Crippen LogP contribution in [0.25, 0.3) is 6.08 Å². The number of rotatable bonds is 5. The molecule has 1 aromatic carbocycles. The topological polar surface area (TPSA) is 38.8 Å². The van der Waals surface area contributed by atoms with Crippen molar-refractivity contribution in [1.82, 2.24) is 4.90 Å². The first kappa shape index (κ1) is 18.5. The van der Waals surface area contributed by atoms with Gasteiger partial charge < -0.3 is 14.4 Å². The fraction of sp³-hybridized carbons (Fsp3) is 0.550. The lowest BCUT2D eigenvalue weighted by molar-refractivity contribution is -0.138. The Bertz CT molecular complexity index is 676. The third-order valence-electron chi connectivity index (χ3n) is 5.11. The zero-order valence-corrected chi connectivity index (χ0v) is 16.8. The van der Waals surface area contributed by atoms with Gasteiger partial charge in [0.05, 0.1) is 17.2 Å². The minimum absolute atomic E-state index is 0.223. The summed E-state index contributed by atoms with van der Waals surface area (Å²) in [5.74, 6) is 0.646. The molecule has 0 spiro atoms. The van der Waals surface area contributed by atoms with Crippen molar-refractivity contribution in [3.63, 3.8) is 0 Å². The molecule has 0 heterocycles. The number of esters is 1. The van der Waals surface area contributed by atoms with Crippen LogP contribution >= 0.6 is 15.9 Å². The van der Waals surface area contributed by atoms with Gasteiger partial charge in [-0.3, -0.25) is 0 Å². The van der Waals surface area contributed by atoms with Crippen LogP contribution in [0.15, 0.2) is 22.2 Å². The Kier molecular flexibility index (Phi) is 5.85. The Hall–Kier alpha value is -1.33. The average Bonchev–Trinajstić information content (AvgIpc) is 2.99. The van der Waals surface area contributed by atoms with E-state index in [1.165, 1.54) is 12.8 Å². The molecule has 5 heteroatoms. The third-order valence-corrected chi connectivity index (χ3v) is 5.73. The van der Waals surface area contributed by atoms with E-state index in [1.807, 2.05) is 19.1 Å². The van der Waals surface area contributed by atoms with Gasteiger partial charge in [-0.25, -0.2) is 4.79 Å². The minimum atomic E-state index is -0.223. The van der Waals surface area contributed by atoms with Crippen LogP contribution in [-0.4, -0.2) is 43.7 Å². The SMILES string of the molecule is CCOC(=O)C1=Cc2cc(OC3CCC(N(C)C)CC3)c(Br)cc2C1. The van der Waals surface area contributed by atoms with E-state index in [1.54, 1.807) is 0 Å². The first-order valence-corrected chi connectivity index (χ1v) is 9.80. The molecule has 2 aliphatic rings. The molecule has 2 aliphatic carbocycles. The van der Waals surface area contributed by atoms with E-state index in [0.29, 0.717) is 24.6 Å². The van der Waals surface area contributed by atoms with Gasteiger partial charge >= 0.3 is 5.97 Å². The van der Waals surface area contributed by atoms with Crippen LogP contribution in [0, 0.1) is 0 Å². The molecule has 0 atom stereocenters. The summed E-state index contributed by atoms with van der Waals surface area (Å²) in [7, 11) is 4.30. The summed E-state index contributed by atoms with van der Waals surface area (Å²) in [6.45, 7) is 2.23. The summed E-state index contributed by atoms with van der Waals surface area (Å²) >= 11 is 3.63. The maximum absolute atomic E-state index is 11.9. The second-order valence-electron chi connectivity index (χ2n) is 7.06. The third kappa shape index (κ3) is 4.26. The van der Waals surface area contributed by atoms with Crippen molar-refractivity contribution < 1.29 is 14.3 Å². The molecule has 0 N–H and O–H groups in total. The van der Waals surface area contributed by atoms with E-state index in [-0.39, 0.29) is 12.1 Å². The van der Waals surface area contributed by atoms with Gasteiger partial charge in [-0.15, -0.1) is 0 Å². The summed E-state index contributed by atoms with van der Waals surface area (Å²) in [4.78, 5) is 14.3. The summed E-state index contributed by atoms with van der Waals surface area (Å²) in [5, 5.41) is 0. The van der Waals surface area contributed by atoms with E-state index in [4.69, 9.17) is 9.47 Å². The summed E-state index contributed by atoms with van der Waals surface area (Å²) in [5.41, 5.74) is 2.91. The predicted molar refractivity (Wildman–Crippen MR) is 103 cm³/mol. The van der Waals surface area contributed by atoms with Crippen molar-refractivity contribution >= 4 is 28.0 Å². The van der Waals surface area contributed by atoms with Gasteiger partial charge in [-0.1, -0.05) is 0 Å². The Morgan fingerprint density at radius 1 is 1.24 bits per heavy atom. The Labute approximate surface area is 158 Å². The van der Waals surface area contributed by atoms with E-state index in [0.717, 1.165) is 34.2 Å². The number of fused-ring (bicyclic) bond motifs is 1.